The first-order valence-electron chi connectivity index (χ1n) is 6.17. The van der Waals surface area contributed by atoms with Crippen LogP contribution in [0.15, 0.2) is 36.5 Å². The van der Waals surface area contributed by atoms with E-state index in [0.29, 0.717) is 6.54 Å². The predicted molar refractivity (Wildman–Crippen MR) is 74.5 cm³/mol. The fourth-order valence-corrected chi connectivity index (χ4v) is 1.94. The van der Waals surface area contributed by atoms with Crippen molar-refractivity contribution in [2.75, 3.05) is 18.5 Å². The van der Waals surface area contributed by atoms with Crippen LogP contribution in [0.2, 0.25) is 0 Å². The minimum atomic E-state index is 0.596. The molecule has 0 radical (unpaired) electrons. The number of anilines is 1. The zero-order valence-electron chi connectivity index (χ0n) is 11.0. The van der Waals surface area contributed by atoms with Crippen molar-refractivity contribution in [1.82, 2.24) is 9.78 Å². The van der Waals surface area contributed by atoms with Gasteiger partial charge in [-0.25, -0.2) is 0 Å². The van der Waals surface area contributed by atoms with Crippen molar-refractivity contribution in [3.8, 4) is 0 Å². The summed E-state index contributed by atoms with van der Waals surface area (Å²) in [5.41, 5.74) is 9.23. The van der Waals surface area contributed by atoms with Crippen molar-refractivity contribution in [1.29, 1.82) is 0 Å². The van der Waals surface area contributed by atoms with Crippen molar-refractivity contribution < 1.29 is 0 Å². The molecule has 0 aliphatic carbocycles. The molecule has 2 N–H and O–H groups in total. The van der Waals surface area contributed by atoms with Gasteiger partial charge in [-0.3, -0.25) is 4.68 Å². The molecule has 96 valence electrons. The SMILES string of the molecule is CN(CCc1ccnn1C)c1ccc(CN)cc1. The Morgan fingerprint density at radius 3 is 2.50 bits per heavy atom. The van der Waals surface area contributed by atoms with Gasteiger partial charge in [0.25, 0.3) is 0 Å². The largest absolute Gasteiger partial charge is 0.374 e. The summed E-state index contributed by atoms with van der Waals surface area (Å²) in [6.07, 6.45) is 2.83. The van der Waals surface area contributed by atoms with Gasteiger partial charge in [-0.05, 0) is 23.8 Å². The molecule has 0 spiro atoms. The fraction of sp³-hybridized carbons (Fsp3) is 0.357. The zero-order valence-corrected chi connectivity index (χ0v) is 11.0. The van der Waals surface area contributed by atoms with Crippen LogP contribution in [0.4, 0.5) is 5.69 Å². The van der Waals surface area contributed by atoms with Gasteiger partial charge in [0.1, 0.15) is 0 Å². The Morgan fingerprint density at radius 1 is 1.22 bits per heavy atom. The summed E-state index contributed by atoms with van der Waals surface area (Å²) in [7, 11) is 4.08. The zero-order chi connectivity index (χ0) is 13.0. The highest BCUT2D eigenvalue weighted by atomic mass is 15.3. The van der Waals surface area contributed by atoms with Crippen molar-refractivity contribution in [2.24, 2.45) is 12.8 Å². The molecule has 0 bridgehead atoms. The highest BCUT2D eigenvalue weighted by Crippen LogP contribution is 2.14. The molecule has 4 nitrogen and oxygen atoms in total. The molecule has 4 heteroatoms. The van der Waals surface area contributed by atoms with Crippen LogP contribution in [0.5, 0.6) is 0 Å². The predicted octanol–water partition coefficient (Wildman–Crippen LogP) is 1.56. The van der Waals surface area contributed by atoms with Gasteiger partial charge in [-0.2, -0.15) is 5.10 Å². The summed E-state index contributed by atoms with van der Waals surface area (Å²) >= 11 is 0. The molecule has 0 unspecified atom stereocenters. The fourth-order valence-electron chi connectivity index (χ4n) is 1.94. The molecule has 0 fully saturated rings. The number of aryl methyl sites for hydroxylation is 1. The van der Waals surface area contributed by atoms with Crippen LogP contribution in [-0.2, 0) is 20.0 Å². The maximum atomic E-state index is 5.59. The molecule has 0 amide bonds. The van der Waals surface area contributed by atoms with E-state index in [1.165, 1.54) is 16.9 Å². The minimum Gasteiger partial charge on any atom is -0.374 e. The van der Waals surface area contributed by atoms with Crippen LogP contribution in [0.1, 0.15) is 11.3 Å². The van der Waals surface area contributed by atoms with Crippen LogP contribution in [-0.4, -0.2) is 23.4 Å². The molecule has 2 rings (SSSR count). The average molecular weight is 244 g/mol. The van der Waals surface area contributed by atoms with Gasteiger partial charge in [-0.1, -0.05) is 12.1 Å². The van der Waals surface area contributed by atoms with Gasteiger partial charge in [0.2, 0.25) is 0 Å². The van der Waals surface area contributed by atoms with Gasteiger partial charge in [0.05, 0.1) is 0 Å². The molecular formula is C14H20N4. The third kappa shape index (κ3) is 2.90. The van der Waals surface area contributed by atoms with E-state index in [2.05, 4.69) is 47.4 Å². The molecule has 1 aromatic carbocycles. The highest BCUT2D eigenvalue weighted by Gasteiger charge is 2.03. The van der Waals surface area contributed by atoms with E-state index in [1.807, 2.05) is 17.9 Å². The minimum absolute atomic E-state index is 0.596. The Bertz CT molecular complexity index is 487. The molecular weight excluding hydrogens is 224 g/mol. The quantitative estimate of drug-likeness (QED) is 0.868. The van der Waals surface area contributed by atoms with E-state index < -0.39 is 0 Å². The van der Waals surface area contributed by atoms with E-state index in [0.717, 1.165) is 13.0 Å². The number of likely N-dealkylation sites (N-methyl/N-ethyl adjacent to an activating group) is 1. The second-order valence-electron chi connectivity index (χ2n) is 4.49. The van der Waals surface area contributed by atoms with Gasteiger partial charge in [0, 0.05) is 51.2 Å². The summed E-state index contributed by atoms with van der Waals surface area (Å²) in [4.78, 5) is 2.24. The summed E-state index contributed by atoms with van der Waals surface area (Å²) in [6.45, 7) is 1.57. The van der Waals surface area contributed by atoms with Gasteiger partial charge >= 0.3 is 0 Å². The van der Waals surface area contributed by atoms with Gasteiger partial charge in [0.15, 0.2) is 0 Å². The number of nitrogens with two attached hydrogens (primary N) is 1. The lowest BCUT2D eigenvalue weighted by molar-refractivity contribution is 0.699. The lowest BCUT2D eigenvalue weighted by Crippen LogP contribution is -2.21. The Hall–Kier alpha value is -1.81. The maximum Gasteiger partial charge on any atom is 0.0492 e. The second kappa shape index (κ2) is 5.69. The van der Waals surface area contributed by atoms with E-state index in [9.17, 15) is 0 Å². The Balaban J connectivity index is 1.94. The average Bonchev–Trinajstić information content (AvgIpc) is 2.81. The topological polar surface area (TPSA) is 47.1 Å². The van der Waals surface area contributed by atoms with E-state index in [-0.39, 0.29) is 0 Å². The Kier molecular flexibility index (Phi) is 3.99. The third-order valence-corrected chi connectivity index (χ3v) is 3.24. The molecule has 0 saturated carbocycles. The Labute approximate surface area is 108 Å². The molecule has 1 heterocycles. The highest BCUT2D eigenvalue weighted by molar-refractivity contribution is 5.46. The standard InChI is InChI=1S/C14H20N4/c1-17(10-8-14-7-9-16-18(14)2)13-5-3-12(11-15)4-6-13/h3-7,9H,8,10-11,15H2,1-2H3. The number of rotatable bonds is 5. The first kappa shape index (κ1) is 12.6. The van der Waals surface area contributed by atoms with E-state index >= 15 is 0 Å². The number of hydrogen-bond acceptors (Lipinski definition) is 3. The second-order valence-corrected chi connectivity index (χ2v) is 4.49. The molecule has 0 aliphatic rings. The van der Waals surface area contributed by atoms with Crippen LogP contribution in [0, 0.1) is 0 Å². The summed E-state index contributed by atoms with van der Waals surface area (Å²) in [6, 6.07) is 10.5. The number of aromatic nitrogens is 2. The lowest BCUT2D eigenvalue weighted by atomic mass is 10.2. The lowest BCUT2D eigenvalue weighted by Gasteiger charge is -2.19. The van der Waals surface area contributed by atoms with E-state index in [4.69, 9.17) is 5.73 Å². The summed E-state index contributed by atoms with van der Waals surface area (Å²) in [5, 5.41) is 4.17. The molecule has 0 saturated heterocycles. The van der Waals surface area contributed by atoms with Crippen LogP contribution < -0.4 is 10.6 Å². The maximum absolute atomic E-state index is 5.59. The van der Waals surface area contributed by atoms with Crippen molar-refractivity contribution >= 4 is 5.69 Å². The molecule has 0 aliphatic heterocycles. The molecule has 0 atom stereocenters. The number of benzene rings is 1. The molecule has 18 heavy (non-hydrogen) atoms. The van der Waals surface area contributed by atoms with Crippen LogP contribution in [0.3, 0.4) is 0 Å². The smallest absolute Gasteiger partial charge is 0.0492 e. The van der Waals surface area contributed by atoms with Crippen LogP contribution in [0.25, 0.3) is 0 Å². The third-order valence-electron chi connectivity index (χ3n) is 3.24. The van der Waals surface area contributed by atoms with Crippen molar-refractivity contribution in [3.05, 3.63) is 47.8 Å². The molecule has 2 aromatic rings. The summed E-state index contributed by atoms with van der Waals surface area (Å²) in [5.74, 6) is 0. The van der Waals surface area contributed by atoms with Crippen molar-refractivity contribution in [3.63, 3.8) is 0 Å². The first-order valence-corrected chi connectivity index (χ1v) is 6.17. The Morgan fingerprint density at radius 2 is 1.94 bits per heavy atom. The van der Waals surface area contributed by atoms with Gasteiger partial charge < -0.3 is 10.6 Å². The number of nitrogens with zero attached hydrogens (tertiary/aromatic N) is 3. The van der Waals surface area contributed by atoms with E-state index in [1.54, 1.807) is 0 Å². The number of hydrogen-bond donors (Lipinski definition) is 1. The first-order chi connectivity index (χ1) is 8.70. The van der Waals surface area contributed by atoms with Crippen molar-refractivity contribution in [2.45, 2.75) is 13.0 Å². The molecule has 1 aromatic heterocycles. The normalized spacial score (nSPS) is 10.6. The summed E-state index contributed by atoms with van der Waals surface area (Å²) < 4.78 is 1.92. The van der Waals surface area contributed by atoms with Gasteiger partial charge in [-0.15, -0.1) is 0 Å². The monoisotopic (exact) mass is 244 g/mol. The van der Waals surface area contributed by atoms with Crippen LogP contribution >= 0.6 is 0 Å².